The second-order valence-electron chi connectivity index (χ2n) is 4.79. The maximum absolute atomic E-state index is 11.9. The van der Waals surface area contributed by atoms with Gasteiger partial charge in [0.05, 0.1) is 10.9 Å². The number of rotatable bonds is 9. The molecule has 0 aliphatic rings. The number of methoxy groups -OCH3 is 1. The first-order valence-electron chi connectivity index (χ1n) is 7.25. The molecule has 0 saturated heterocycles. The summed E-state index contributed by atoms with van der Waals surface area (Å²) >= 11 is 7.38. The average molecular weight is 355 g/mol. The Kier molecular flexibility index (Phi) is 7.32. The summed E-state index contributed by atoms with van der Waals surface area (Å²) in [5, 5.41) is 2.89. The van der Waals surface area contributed by atoms with Crippen LogP contribution in [0.3, 0.4) is 0 Å². The third kappa shape index (κ3) is 6.17. The van der Waals surface area contributed by atoms with Crippen LogP contribution in [0.1, 0.15) is 16.9 Å². The summed E-state index contributed by atoms with van der Waals surface area (Å²) in [4.78, 5) is 17.2. The average Bonchev–Trinajstić information content (AvgIpc) is 2.98. The van der Waals surface area contributed by atoms with Gasteiger partial charge in [0.1, 0.15) is 6.61 Å². The number of pyridine rings is 1. The van der Waals surface area contributed by atoms with Crippen LogP contribution in [0.25, 0.3) is 0 Å². The van der Waals surface area contributed by atoms with Gasteiger partial charge in [0.15, 0.2) is 0 Å². The monoisotopic (exact) mass is 354 g/mol. The van der Waals surface area contributed by atoms with Crippen molar-refractivity contribution in [3.8, 4) is 5.88 Å². The van der Waals surface area contributed by atoms with Crippen molar-refractivity contribution >= 4 is 28.8 Å². The number of carbonyl (C=O) groups excluding carboxylic acids is 1. The Labute approximate surface area is 144 Å². The summed E-state index contributed by atoms with van der Waals surface area (Å²) in [5.41, 5.74) is 0.844. The molecule has 23 heavy (non-hydrogen) atoms. The third-order valence-electron chi connectivity index (χ3n) is 3.08. The number of nitrogens with zero attached hydrogens (tertiary/aromatic N) is 1. The molecule has 124 valence electrons. The van der Waals surface area contributed by atoms with Crippen molar-refractivity contribution in [3.05, 3.63) is 45.2 Å². The van der Waals surface area contributed by atoms with E-state index in [4.69, 9.17) is 21.1 Å². The number of amides is 1. The largest absolute Gasteiger partial charge is 0.475 e. The minimum absolute atomic E-state index is 0.0128. The molecule has 0 unspecified atom stereocenters. The summed E-state index contributed by atoms with van der Waals surface area (Å²) in [6, 6.07) is 7.49. The van der Waals surface area contributed by atoms with Gasteiger partial charge in [0, 0.05) is 36.7 Å². The van der Waals surface area contributed by atoms with Crippen LogP contribution in [0, 0.1) is 0 Å². The molecule has 1 N–H and O–H groups in total. The van der Waals surface area contributed by atoms with Gasteiger partial charge in [-0.2, -0.15) is 0 Å². The molecule has 0 aliphatic heterocycles. The molecule has 5 nitrogen and oxygen atoms in total. The van der Waals surface area contributed by atoms with Crippen molar-refractivity contribution in [2.75, 3.05) is 20.3 Å². The fraction of sp³-hybridized carbons (Fsp3) is 0.375. The van der Waals surface area contributed by atoms with E-state index in [9.17, 15) is 4.79 Å². The van der Waals surface area contributed by atoms with E-state index in [2.05, 4.69) is 10.3 Å². The lowest BCUT2D eigenvalue weighted by Crippen LogP contribution is -2.23. The molecular weight excluding hydrogens is 336 g/mol. The second-order valence-corrected chi connectivity index (χ2v) is 6.59. The summed E-state index contributed by atoms with van der Waals surface area (Å²) in [5.74, 6) is 0.510. The van der Waals surface area contributed by atoms with E-state index in [1.807, 2.05) is 24.3 Å². The van der Waals surface area contributed by atoms with Gasteiger partial charge in [-0.25, -0.2) is 4.98 Å². The van der Waals surface area contributed by atoms with Crippen LogP contribution in [0.4, 0.5) is 0 Å². The van der Waals surface area contributed by atoms with E-state index in [1.54, 1.807) is 13.3 Å². The highest BCUT2D eigenvalue weighted by Gasteiger charge is 2.08. The Morgan fingerprint density at radius 2 is 2.22 bits per heavy atom. The van der Waals surface area contributed by atoms with Crippen LogP contribution < -0.4 is 10.1 Å². The lowest BCUT2D eigenvalue weighted by molar-refractivity contribution is -0.121. The Morgan fingerprint density at radius 3 is 2.96 bits per heavy atom. The zero-order valence-electron chi connectivity index (χ0n) is 12.9. The Morgan fingerprint density at radius 1 is 1.35 bits per heavy atom. The zero-order valence-corrected chi connectivity index (χ0v) is 14.5. The maximum Gasteiger partial charge on any atom is 0.220 e. The predicted molar refractivity (Wildman–Crippen MR) is 91.1 cm³/mol. The maximum atomic E-state index is 11.9. The normalized spacial score (nSPS) is 10.5. The van der Waals surface area contributed by atoms with Gasteiger partial charge in [-0.05, 0) is 24.6 Å². The molecule has 0 fully saturated rings. The second kappa shape index (κ2) is 9.50. The molecule has 7 heteroatoms. The molecule has 0 radical (unpaired) electrons. The van der Waals surface area contributed by atoms with Crippen LogP contribution in [0.15, 0.2) is 30.5 Å². The zero-order chi connectivity index (χ0) is 16.5. The van der Waals surface area contributed by atoms with Crippen molar-refractivity contribution in [2.24, 2.45) is 0 Å². The molecule has 0 bridgehead atoms. The number of aromatic nitrogens is 1. The summed E-state index contributed by atoms with van der Waals surface area (Å²) in [6.07, 6.45) is 2.78. The smallest absolute Gasteiger partial charge is 0.220 e. The Bertz CT molecular complexity index is 633. The Balaban J connectivity index is 1.79. The van der Waals surface area contributed by atoms with E-state index in [0.717, 1.165) is 14.8 Å². The van der Waals surface area contributed by atoms with Crippen LogP contribution in [0.2, 0.25) is 4.34 Å². The molecule has 2 aromatic heterocycles. The van der Waals surface area contributed by atoms with Gasteiger partial charge in [-0.15, -0.1) is 11.3 Å². The molecule has 0 aromatic carbocycles. The van der Waals surface area contributed by atoms with E-state index >= 15 is 0 Å². The highest BCUT2D eigenvalue weighted by molar-refractivity contribution is 7.16. The molecule has 2 rings (SSSR count). The van der Waals surface area contributed by atoms with E-state index in [1.165, 1.54) is 11.3 Å². The van der Waals surface area contributed by atoms with Crippen LogP contribution >= 0.6 is 22.9 Å². The highest BCUT2D eigenvalue weighted by atomic mass is 35.5. The minimum atomic E-state index is -0.0128. The minimum Gasteiger partial charge on any atom is -0.475 e. The highest BCUT2D eigenvalue weighted by Crippen LogP contribution is 2.22. The van der Waals surface area contributed by atoms with Crippen molar-refractivity contribution in [2.45, 2.75) is 19.4 Å². The first-order valence-corrected chi connectivity index (χ1v) is 8.45. The lowest BCUT2D eigenvalue weighted by atomic mass is 10.2. The number of nitrogens with one attached hydrogen (secondary N) is 1. The Hall–Kier alpha value is -1.63. The summed E-state index contributed by atoms with van der Waals surface area (Å²) < 4.78 is 11.2. The van der Waals surface area contributed by atoms with Crippen molar-refractivity contribution in [3.63, 3.8) is 0 Å². The van der Waals surface area contributed by atoms with Gasteiger partial charge >= 0.3 is 0 Å². The van der Waals surface area contributed by atoms with E-state index in [0.29, 0.717) is 38.5 Å². The molecule has 2 aromatic rings. The predicted octanol–water partition coefficient (Wildman–Crippen LogP) is 3.07. The topological polar surface area (TPSA) is 60.5 Å². The standard InChI is InChI=1S/C16H19ClN2O3S/c1-21-9-10-22-16-12(3-2-8-18-16)11-19-15(20)7-5-13-4-6-14(17)23-13/h2-4,6,8H,5,7,9-11H2,1H3,(H,19,20). The van der Waals surface area contributed by atoms with E-state index in [-0.39, 0.29) is 5.91 Å². The van der Waals surface area contributed by atoms with Gasteiger partial charge in [-0.3, -0.25) is 4.79 Å². The first kappa shape index (κ1) is 17.7. The van der Waals surface area contributed by atoms with Crippen LogP contribution in [0.5, 0.6) is 5.88 Å². The van der Waals surface area contributed by atoms with Crippen molar-refractivity contribution in [1.29, 1.82) is 0 Å². The molecule has 0 aliphatic carbocycles. The van der Waals surface area contributed by atoms with Crippen molar-refractivity contribution < 1.29 is 14.3 Å². The molecule has 0 saturated carbocycles. The molecule has 0 atom stereocenters. The molecular formula is C16H19ClN2O3S. The summed E-state index contributed by atoms with van der Waals surface area (Å²) in [6.45, 7) is 1.31. The fourth-order valence-corrected chi connectivity index (χ4v) is 3.00. The summed E-state index contributed by atoms with van der Waals surface area (Å²) in [7, 11) is 1.61. The number of aryl methyl sites for hydroxylation is 1. The van der Waals surface area contributed by atoms with Gasteiger partial charge < -0.3 is 14.8 Å². The molecule has 0 spiro atoms. The third-order valence-corrected chi connectivity index (χ3v) is 4.37. The van der Waals surface area contributed by atoms with Gasteiger partial charge in [-0.1, -0.05) is 17.7 Å². The number of halogens is 1. The van der Waals surface area contributed by atoms with Crippen LogP contribution in [-0.2, 0) is 22.5 Å². The van der Waals surface area contributed by atoms with Gasteiger partial charge in [0.25, 0.3) is 0 Å². The SMILES string of the molecule is COCCOc1ncccc1CNC(=O)CCc1ccc(Cl)s1. The number of hydrogen-bond acceptors (Lipinski definition) is 5. The molecule has 1 amide bonds. The first-order chi connectivity index (χ1) is 11.2. The van der Waals surface area contributed by atoms with E-state index < -0.39 is 0 Å². The number of thiophene rings is 1. The van der Waals surface area contributed by atoms with Crippen LogP contribution in [-0.4, -0.2) is 31.2 Å². The quantitative estimate of drug-likeness (QED) is 0.703. The number of ether oxygens (including phenoxy) is 2. The fourth-order valence-electron chi connectivity index (χ4n) is 1.92. The van der Waals surface area contributed by atoms with Crippen molar-refractivity contribution in [1.82, 2.24) is 10.3 Å². The van der Waals surface area contributed by atoms with Gasteiger partial charge in [0.2, 0.25) is 11.8 Å². The number of hydrogen-bond donors (Lipinski definition) is 1. The lowest BCUT2D eigenvalue weighted by Gasteiger charge is -2.10. The number of carbonyl (C=O) groups is 1. The molecule has 2 heterocycles.